The van der Waals surface area contributed by atoms with E-state index in [1.807, 2.05) is 28.2 Å². The van der Waals surface area contributed by atoms with Crippen LogP contribution in [0, 0.1) is 0 Å². The molecule has 11 heteroatoms. The van der Waals surface area contributed by atoms with E-state index in [0.29, 0.717) is 23.3 Å². The van der Waals surface area contributed by atoms with E-state index in [-0.39, 0.29) is 12.6 Å². The van der Waals surface area contributed by atoms with Crippen LogP contribution in [0.1, 0.15) is 12.6 Å². The molecule has 0 aromatic carbocycles. The Kier molecular flexibility index (Phi) is 5.63. The van der Waals surface area contributed by atoms with Gasteiger partial charge in [-0.3, -0.25) is 0 Å². The minimum atomic E-state index is -0.765. The quantitative estimate of drug-likeness (QED) is 0.529. The summed E-state index contributed by atoms with van der Waals surface area (Å²) in [5, 5.41) is 24.3. The van der Waals surface area contributed by atoms with Crippen molar-refractivity contribution in [2.24, 2.45) is 9.98 Å². The first-order valence-electron chi connectivity index (χ1n) is 8.50. The van der Waals surface area contributed by atoms with Gasteiger partial charge >= 0.3 is 0 Å². The number of fused-ring (bicyclic) bond motifs is 1. The maximum atomic E-state index is 10.0. The van der Waals surface area contributed by atoms with Crippen LogP contribution in [0.15, 0.2) is 16.2 Å². The Hall–Kier alpha value is -2.63. The maximum Gasteiger partial charge on any atom is 0.254 e. The minimum Gasteiger partial charge on any atom is -0.394 e. The highest BCUT2D eigenvalue weighted by Crippen LogP contribution is 2.33. The molecule has 0 radical (unpaired) electrons. The molecule has 0 saturated carbocycles. The second-order valence-electron chi connectivity index (χ2n) is 6.70. The Balaban J connectivity index is 2.06. The van der Waals surface area contributed by atoms with Crippen LogP contribution in [0.3, 0.4) is 0 Å². The number of nitrogens with zero attached hydrogens (tertiary/aromatic N) is 8. The predicted molar refractivity (Wildman–Crippen MR) is 101 cm³/mol. The lowest BCUT2D eigenvalue weighted by atomic mass is 10.2. The third kappa shape index (κ3) is 4.21. The first-order valence-corrected chi connectivity index (χ1v) is 8.50. The number of aromatic nitrogens is 4. The highest BCUT2D eigenvalue weighted by atomic mass is 16.5. The van der Waals surface area contributed by atoms with Gasteiger partial charge in [-0.15, -0.1) is 0 Å². The second kappa shape index (κ2) is 7.94. The van der Waals surface area contributed by atoms with Crippen molar-refractivity contribution in [3.63, 3.8) is 0 Å². The standard InChI is InChI=1S/C16H24N8O3/c1-22(2)8-17-14-10-6-19-24(13-5-11(26)12(7-25)27-13)15(10)21-16(20-14)18-9-23(3)4/h6,8-9,11-13,25-26H,5,7H2,1-4H3. The van der Waals surface area contributed by atoms with Gasteiger partial charge in [0.15, 0.2) is 17.7 Å². The summed E-state index contributed by atoms with van der Waals surface area (Å²) in [6, 6.07) is 0. The van der Waals surface area contributed by atoms with Gasteiger partial charge in [-0.05, 0) is 0 Å². The highest BCUT2D eigenvalue weighted by molar-refractivity contribution is 5.87. The van der Waals surface area contributed by atoms with Crippen molar-refractivity contribution >= 4 is 35.5 Å². The van der Waals surface area contributed by atoms with Gasteiger partial charge in [0, 0.05) is 34.6 Å². The fourth-order valence-electron chi connectivity index (χ4n) is 2.63. The van der Waals surface area contributed by atoms with Gasteiger partial charge in [-0.25, -0.2) is 14.7 Å². The Morgan fingerprint density at radius 2 is 1.93 bits per heavy atom. The highest BCUT2D eigenvalue weighted by Gasteiger charge is 2.36. The van der Waals surface area contributed by atoms with Crippen molar-refractivity contribution in [1.82, 2.24) is 29.5 Å². The lowest BCUT2D eigenvalue weighted by molar-refractivity contribution is -0.0470. The first kappa shape index (κ1) is 19.1. The van der Waals surface area contributed by atoms with Crippen molar-refractivity contribution < 1.29 is 14.9 Å². The largest absolute Gasteiger partial charge is 0.394 e. The van der Waals surface area contributed by atoms with Crippen molar-refractivity contribution in [3.8, 4) is 0 Å². The smallest absolute Gasteiger partial charge is 0.254 e. The van der Waals surface area contributed by atoms with Crippen LogP contribution in [0.4, 0.5) is 11.8 Å². The fourth-order valence-corrected chi connectivity index (χ4v) is 2.63. The SMILES string of the molecule is CN(C)C=Nc1nc(N=CN(C)C)c2cnn(C3CC(O)C(CO)O3)c2n1. The predicted octanol–water partition coefficient (Wildman–Crippen LogP) is -0.0902. The van der Waals surface area contributed by atoms with Crippen LogP contribution in [0.2, 0.25) is 0 Å². The molecule has 3 unspecified atom stereocenters. The molecule has 1 aliphatic heterocycles. The molecular formula is C16H24N8O3. The van der Waals surface area contributed by atoms with Crippen molar-refractivity contribution in [2.75, 3.05) is 34.8 Å². The summed E-state index contributed by atoms with van der Waals surface area (Å²) in [6.45, 7) is -0.261. The number of aliphatic hydroxyl groups is 2. The summed E-state index contributed by atoms with van der Waals surface area (Å²) in [6.07, 6.45) is 3.19. The molecule has 2 aromatic rings. The van der Waals surface area contributed by atoms with E-state index in [4.69, 9.17) is 4.74 Å². The van der Waals surface area contributed by atoms with Crippen LogP contribution < -0.4 is 0 Å². The summed E-state index contributed by atoms with van der Waals surface area (Å²) in [4.78, 5) is 21.1. The van der Waals surface area contributed by atoms with Crippen molar-refractivity contribution in [2.45, 2.75) is 24.9 Å². The van der Waals surface area contributed by atoms with Gasteiger partial charge < -0.3 is 24.7 Å². The van der Waals surface area contributed by atoms with E-state index in [2.05, 4.69) is 25.1 Å². The molecule has 0 aliphatic carbocycles. The molecule has 3 atom stereocenters. The molecule has 3 rings (SSSR count). The number of hydrogen-bond acceptors (Lipinski definition) is 8. The van der Waals surface area contributed by atoms with Gasteiger partial charge in [0.1, 0.15) is 6.10 Å². The zero-order valence-electron chi connectivity index (χ0n) is 15.8. The van der Waals surface area contributed by atoms with Gasteiger partial charge in [-0.1, -0.05) is 0 Å². The number of aliphatic hydroxyl groups excluding tert-OH is 2. The van der Waals surface area contributed by atoms with Crippen LogP contribution in [0.25, 0.3) is 11.0 Å². The lowest BCUT2D eigenvalue weighted by Gasteiger charge is -2.13. The Morgan fingerprint density at radius 1 is 1.22 bits per heavy atom. The van der Waals surface area contributed by atoms with Crippen molar-refractivity contribution in [1.29, 1.82) is 0 Å². The maximum absolute atomic E-state index is 10.0. The average molecular weight is 376 g/mol. The number of rotatable bonds is 6. The molecule has 2 aromatic heterocycles. The summed E-state index contributed by atoms with van der Waals surface area (Å²) in [5.74, 6) is 0.671. The van der Waals surface area contributed by atoms with Crippen LogP contribution in [0.5, 0.6) is 0 Å². The van der Waals surface area contributed by atoms with Crippen LogP contribution in [-0.2, 0) is 4.74 Å². The molecule has 0 bridgehead atoms. The molecule has 1 fully saturated rings. The molecular weight excluding hydrogens is 352 g/mol. The Bertz CT molecular complexity index is 848. The molecule has 0 amide bonds. The second-order valence-corrected chi connectivity index (χ2v) is 6.70. The molecule has 3 heterocycles. The topological polar surface area (TPSA) is 124 Å². The third-order valence-electron chi connectivity index (χ3n) is 3.89. The normalized spacial score (nSPS) is 23.1. The summed E-state index contributed by atoms with van der Waals surface area (Å²) >= 11 is 0. The van der Waals surface area contributed by atoms with Crippen LogP contribution in [-0.4, -0.2) is 99.4 Å². The van der Waals surface area contributed by atoms with Gasteiger partial charge in [0.05, 0.1) is 37.0 Å². The zero-order valence-corrected chi connectivity index (χ0v) is 15.8. The summed E-state index contributed by atoms with van der Waals surface area (Å²) < 4.78 is 7.27. The Morgan fingerprint density at radius 3 is 2.56 bits per heavy atom. The van der Waals surface area contributed by atoms with E-state index < -0.39 is 18.4 Å². The third-order valence-corrected chi connectivity index (χ3v) is 3.89. The average Bonchev–Trinajstić information content (AvgIpc) is 3.20. The molecule has 1 aliphatic rings. The van der Waals surface area contributed by atoms with Crippen molar-refractivity contribution in [3.05, 3.63) is 6.20 Å². The van der Waals surface area contributed by atoms with E-state index in [0.717, 1.165) is 0 Å². The lowest BCUT2D eigenvalue weighted by Crippen LogP contribution is -2.24. The minimum absolute atomic E-state index is 0.237. The Labute approximate surface area is 156 Å². The molecule has 11 nitrogen and oxygen atoms in total. The van der Waals surface area contributed by atoms with E-state index >= 15 is 0 Å². The molecule has 1 saturated heterocycles. The van der Waals surface area contributed by atoms with E-state index in [1.54, 1.807) is 33.4 Å². The molecule has 27 heavy (non-hydrogen) atoms. The van der Waals surface area contributed by atoms with Gasteiger partial charge in [0.2, 0.25) is 0 Å². The van der Waals surface area contributed by atoms with Crippen LogP contribution >= 0.6 is 0 Å². The summed E-state index contributed by atoms with van der Waals surface area (Å²) in [7, 11) is 7.42. The van der Waals surface area contributed by atoms with E-state index in [1.165, 1.54) is 0 Å². The summed E-state index contributed by atoms with van der Waals surface area (Å²) in [5.41, 5.74) is 0.498. The van der Waals surface area contributed by atoms with Gasteiger partial charge in [-0.2, -0.15) is 15.1 Å². The molecule has 0 spiro atoms. The zero-order chi connectivity index (χ0) is 19.6. The molecule has 146 valence electrons. The number of ether oxygens (including phenoxy) is 1. The van der Waals surface area contributed by atoms with E-state index in [9.17, 15) is 10.2 Å². The fraction of sp³-hybridized carbons (Fsp3) is 0.562. The molecule has 2 N–H and O–H groups in total. The van der Waals surface area contributed by atoms with Gasteiger partial charge in [0.25, 0.3) is 5.95 Å². The number of aliphatic imine (C=N–C) groups is 2. The first-order chi connectivity index (χ1) is 12.9. The monoisotopic (exact) mass is 376 g/mol. The number of hydrogen-bond donors (Lipinski definition) is 2.